The number of rotatable bonds is 17. The molecule has 13 nitrogen and oxygen atoms in total. The van der Waals surface area contributed by atoms with Crippen LogP contribution >= 0.6 is 0 Å². The molecule has 0 aromatic heterocycles. The molecule has 1 aliphatic heterocycles. The number of aromatic hydroxyl groups is 1. The first-order valence-corrected chi connectivity index (χ1v) is 16.0. The quantitative estimate of drug-likeness (QED) is 0.0595. The fraction of sp³-hybridized carbons (Fsp3) is 0.333. The van der Waals surface area contributed by atoms with E-state index in [0.717, 1.165) is 6.07 Å². The second-order valence-electron chi connectivity index (χ2n) is 10.1. The highest BCUT2D eigenvalue weighted by atomic mass is 32.2. The summed E-state index contributed by atoms with van der Waals surface area (Å²) in [6.07, 6.45) is 2.57. The molecule has 3 N–H and O–H groups in total. The van der Waals surface area contributed by atoms with Gasteiger partial charge in [0, 0.05) is 24.7 Å². The minimum Gasteiger partial charge on any atom is -0.504 e. The number of ether oxygens (including phenoxy) is 4. The number of benzene rings is 3. The zero-order valence-corrected chi connectivity index (χ0v) is 27.2. The highest BCUT2D eigenvalue weighted by Gasteiger charge is 2.27. The molecule has 0 aliphatic carbocycles. The van der Waals surface area contributed by atoms with Crippen LogP contribution in [0.1, 0.15) is 13.8 Å². The summed E-state index contributed by atoms with van der Waals surface area (Å²) >= 11 is 0. The normalized spacial score (nSPS) is 13.9. The number of non-ortho nitro benzene ring substituents is 1. The van der Waals surface area contributed by atoms with Crippen LogP contribution in [0.5, 0.6) is 23.0 Å². The second-order valence-corrected chi connectivity index (χ2v) is 11.7. The van der Waals surface area contributed by atoms with Gasteiger partial charge in [0.15, 0.2) is 23.0 Å². The largest absolute Gasteiger partial charge is 0.504 e. The molecule has 47 heavy (non-hydrogen) atoms. The van der Waals surface area contributed by atoms with Gasteiger partial charge in [-0.15, -0.1) is 0 Å². The predicted octanol–water partition coefficient (Wildman–Crippen LogP) is 4.65. The molecule has 2 atom stereocenters. The van der Waals surface area contributed by atoms with Gasteiger partial charge in [-0.05, 0) is 30.3 Å². The number of hydrogen-bond donors (Lipinski definition) is 3. The van der Waals surface area contributed by atoms with E-state index in [4.69, 9.17) is 23.1 Å². The number of aliphatic hydroxyl groups is 1. The minimum atomic E-state index is -3.96. The lowest BCUT2D eigenvalue weighted by atomic mass is 10.3. The van der Waals surface area contributed by atoms with Crippen LogP contribution in [0.15, 0.2) is 103 Å². The van der Waals surface area contributed by atoms with Crippen molar-refractivity contribution in [3.8, 4) is 23.0 Å². The molecule has 1 saturated heterocycles. The van der Waals surface area contributed by atoms with Crippen molar-refractivity contribution in [2.75, 3.05) is 39.6 Å². The highest BCUT2D eigenvalue weighted by molar-refractivity contribution is 7.86. The molecule has 0 radical (unpaired) electrons. The Kier molecular flexibility index (Phi) is 17.0. The fourth-order valence-electron chi connectivity index (χ4n) is 3.33. The summed E-state index contributed by atoms with van der Waals surface area (Å²) in [5.74, 6) is 1.95. The molecular weight excluding hydrogens is 632 g/mol. The van der Waals surface area contributed by atoms with E-state index < -0.39 is 21.1 Å². The number of epoxide rings is 1. The lowest BCUT2D eigenvalue weighted by Crippen LogP contribution is -2.35. The SMILES string of the molecule is C=CCOc1ccccc1O.C=CCOc1ccccc1OC[C@H](O)CNC(C)C.O=[N+]([O-])c1cccc(S(=O)(=O)OC[C@H]2CO2)c1. The topological polar surface area (TPSA) is 179 Å². The van der Waals surface area contributed by atoms with E-state index >= 15 is 0 Å². The Labute approximate surface area is 275 Å². The standard InChI is InChI=1S/C15H23NO3.C9H9NO6S.C9H10O2/c1-4-9-18-14-7-5-6-8-15(14)19-11-13(17)10-16-12(2)3;11-10(12)7-2-1-3-9(4-7)17(13,14)16-6-8-5-15-8;1-2-7-11-9-6-4-3-5-8(9)10/h4-8,12-13,16-17H,1,9-11H2,2-3H3;1-4,8H,5-6H2;2-6,10H,1,7H2/t13-;8-;/m11./s1. The Morgan fingerprint density at radius 1 is 0.979 bits per heavy atom. The first-order valence-electron chi connectivity index (χ1n) is 14.6. The maximum atomic E-state index is 11.6. The van der Waals surface area contributed by atoms with Gasteiger partial charge in [-0.1, -0.05) is 69.5 Å². The van der Waals surface area contributed by atoms with E-state index in [0.29, 0.717) is 49.7 Å². The van der Waals surface area contributed by atoms with Gasteiger partial charge in [0.25, 0.3) is 15.8 Å². The lowest BCUT2D eigenvalue weighted by molar-refractivity contribution is -0.385. The van der Waals surface area contributed by atoms with E-state index in [1.165, 1.54) is 18.2 Å². The number of phenolic OH excluding ortho intramolecular Hbond substituents is 1. The number of nitrogens with one attached hydrogen (secondary N) is 1. The van der Waals surface area contributed by atoms with E-state index in [2.05, 4.69) is 18.5 Å². The van der Waals surface area contributed by atoms with Crippen molar-refractivity contribution in [2.24, 2.45) is 0 Å². The van der Waals surface area contributed by atoms with Crippen molar-refractivity contribution in [3.05, 3.63) is 108 Å². The van der Waals surface area contributed by atoms with Gasteiger partial charge < -0.3 is 34.5 Å². The Balaban J connectivity index is 0.000000253. The van der Waals surface area contributed by atoms with Crippen molar-refractivity contribution in [2.45, 2.75) is 37.0 Å². The smallest absolute Gasteiger partial charge is 0.297 e. The number of nitro groups is 1. The maximum absolute atomic E-state index is 11.6. The first kappa shape index (κ1) is 38.7. The summed E-state index contributed by atoms with van der Waals surface area (Å²) in [4.78, 5) is 9.61. The summed E-state index contributed by atoms with van der Waals surface area (Å²) in [5.41, 5.74) is -0.294. The Morgan fingerprint density at radius 2 is 1.55 bits per heavy atom. The average molecular weight is 675 g/mol. The summed E-state index contributed by atoms with van der Waals surface area (Å²) in [6.45, 7) is 13.2. The molecule has 3 aromatic carbocycles. The van der Waals surface area contributed by atoms with Crippen LogP contribution in [0, 0.1) is 10.1 Å². The number of nitrogens with zero attached hydrogens (tertiary/aromatic N) is 1. The Bertz CT molecular complexity index is 1510. The summed E-state index contributed by atoms with van der Waals surface area (Å²) in [5, 5.41) is 32.6. The average Bonchev–Trinajstić information content (AvgIpc) is 3.90. The third-order valence-electron chi connectivity index (χ3n) is 5.75. The van der Waals surface area contributed by atoms with Crippen molar-refractivity contribution in [3.63, 3.8) is 0 Å². The maximum Gasteiger partial charge on any atom is 0.297 e. The third-order valence-corrected chi connectivity index (χ3v) is 7.03. The number of phenols is 1. The molecule has 0 bridgehead atoms. The van der Waals surface area contributed by atoms with E-state index in [-0.39, 0.29) is 35.7 Å². The van der Waals surface area contributed by atoms with Gasteiger partial charge in [0.1, 0.15) is 36.9 Å². The molecule has 1 fully saturated rings. The second kappa shape index (κ2) is 20.6. The molecule has 3 aromatic rings. The number of para-hydroxylation sites is 4. The minimum absolute atomic E-state index is 0.0645. The van der Waals surface area contributed by atoms with Crippen molar-refractivity contribution < 1.29 is 46.7 Å². The fourth-order valence-corrected chi connectivity index (χ4v) is 4.31. The molecule has 14 heteroatoms. The van der Waals surface area contributed by atoms with Crippen molar-refractivity contribution in [1.29, 1.82) is 0 Å². The van der Waals surface area contributed by atoms with Crippen LogP contribution in [-0.4, -0.2) is 81.4 Å². The summed E-state index contributed by atoms with van der Waals surface area (Å²) in [7, 11) is -3.96. The first-order chi connectivity index (χ1) is 22.5. The Hall–Kier alpha value is -4.47. The summed E-state index contributed by atoms with van der Waals surface area (Å²) in [6, 6.07) is 19.3. The molecule has 1 heterocycles. The molecule has 0 unspecified atom stereocenters. The van der Waals surface area contributed by atoms with Crippen molar-refractivity contribution in [1.82, 2.24) is 5.32 Å². The third kappa shape index (κ3) is 15.6. The van der Waals surface area contributed by atoms with E-state index in [9.17, 15) is 28.7 Å². The van der Waals surface area contributed by atoms with Crippen LogP contribution in [0.4, 0.5) is 5.69 Å². The van der Waals surface area contributed by atoms with Gasteiger partial charge >= 0.3 is 0 Å². The van der Waals surface area contributed by atoms with Gasteiger partial charge in [-0.3, -0.25) is 14.3 Å². The van der Waals surface area contributed by atoms with Gasteiger partial charge in [-0.25, -0.2) is 0 Å². The van der Waals surface area contributed by atoms with Crippen LogP contribution in [0.2, 0.25) is 0 Å². The Morgan fingerprint density at radius 3 is 2.11 bits per heavy atom. The molecule has 256 valence electrons. The molecule has 4 rings (SSSR count). The predicted molar refractivity (Wildman–Crippen MR) is 177 cm³/mol. The van der Waals surface area contributed by atoms with E-state index in [1.54, 1.807) is 36.4 Å². The van der Waals surface area contributed by atoms with Crippen LogP contribution in [-0.2, 0) is 19.0 Å². The number of hydrogen-bond acceptors (Lipinski definition) is 12. The molecular formula is C33H42N2O11S. The van der Waals surface area contributed by atoms with E-state index in [1.807, 2.05) is 38.1 Å². The van der Waals surface area contributed by atoms with Gasteiger partial charge in [0.05, 0.1) is 18.1 Å². The number of aliphatic hydroxyl groups excluding tert-OH is 1. The van der Waals surface area contributed by atoms with Crippen LogP contribution in [0.3, 0.4) is 0 Å². The lowest BCUT2D eigenvalue weighted by Gasteiger charge is -2.16. The number of nitro benzene ring substituents is 1. The molecule has 0 amide bonds. The zero-order chi connectivity index (χ0) is 34.7. The van der Waals surface area contributed by atoms with Crippen LogP contribution in [0.25, 0.3) is 0 Å². The van der Waals surface area contributed by atoms with Crippen molar-refractivity contribution >= 4 is 15.8 Å². The van der Waals surface area contributed by atoms with Crippen LogP contribution < -0.4 is 19.5 Å². The molecule has 0 spiro atoms. The molecule has 0 saturated carbocycles. The summed E-state index contributed by atoms with van der Waals surface area (Å²) < 4.78 is 49.0. The monoisotopic (exact) mass is 674 g/mol. The van der Waals surface area contributed by atoms with Gasteiger partial charge in [-0.2, -0.15) is 8.42 Å². The zero-order valence-electron chi connectivity index (χ0n) is 26.4. The highest BCUT2D eigenvalue weighted by Crippen LogP contribution is 2.27. The van der Waals surface area contributed by atoms with Gasteiger partial charge in [0.2, 0.25) is 0 Å². The molecule has 1 aliphatic rings.